The van der Waals surface area contributed by atoms with Gasteiger partial charge in [-0.2, -0.15) is 13.2 Å². The number of carboxylic acid groups (broad SMARTS) is 1. The van der Waals surface area contributed by atoms with E-state index in [1.165, 1.54) is 6.92 Å². The second kappa shape index (κ2) is 5.92. The topological polar surface area (TPSA) is 74.6 Å². The Kier molecular flexibility index (Phi) is 4.93. The number of ketones is 1. The number of benzene rings is 1. The molecule has 0 radical (unpaired) electrons. The number of carboxylic acids is 1. The Morgan fingerprint density at radius 2 is 1.85 bits per heavy atom. The van der Waals surface area contributed by atoms with Gasteiger partial charge in [-0.05, 0) is 13.0 Å². The molecule has 0 fully saturated rings. The molecule has 0 aliphatic rings. The van der Waals surface area contributed by atoms with Crippen LogP contribution in [-0.2, 0) is 11.0 Å². The summed E-state index contributed by atoms with van der Waals surface area (Å²) in [5, 5.41) is 18.2. The maximum Gasteiger partial charge on any atom is 0.416 e. The van der Waals surface area contributed by atoms with Gasteiger partial charge >= 0.3 is 12.1 Å². The van der Waals surface area contributed by atoms with E-state index in [1.807, 2.05) is 0 Å². The minimum absolute atomic E-state index is 0.473. The molecular weight excluding hydrogens is 345 g/mol. The molecule has 1 aromatic rings. The summed E-state index contributed by atoms with van der Waals surface area (Å²) in [6, 6.07) is 2.66. The average molecular weight is 355 g/mol. The van der Waals surface area contributed by atoms with Gasteiger partial charge < -0.3 is 10.2 Å². The Labute approximate surface area is 120 Å². The number of alkyl halides is 4. The molecule has 20 heavy (non-hydrogen) atoms. The molecule has 8 heteroatoms. The number of aliphatic hydroxyl groups excluding tert-OH is 1. The van der Waals surface area contributed by atoms with Crippen molar-refractivity contribution in [1.29, 1.82) is 0 Å². The first-order valence-corrected chi connectivity index (χ1v) is 6.28. The summed E-state index contributed by atoms with van der Waals surface area (Å²) < 4.78 is 38.7. The van der Waals surface area contributed by atoms with Crippen molar-refractivity contribution >= 4 is 27.7 Å². The number of carbonyl (C=O) groups is 2. The van der Waals surface area contributed by atoms with Gasteiger partial charge in [-0.25, -0.2) is 4.79 Å². The van der Waals surface area contributed by atoms with E-state index in [-0.39, 0.29) is 0 Å². The summed E-state index contributed by atoms with van der Waals surface area (Å²) >= 11 is 2.91. The van der Waals surface area contributed by atoms with Crippen LogP contribution in [0.5, 0.6) is 0 Å². The van der Waals surface area contributed by atoms with Crippen molar-refractivity contribution in [1.82, 2.24) is 0 Å². The number of aliphatic carboxylic acids is 1. The Balaban J connectivity index is 3.61. The highest BCUT2D eigenvalue weighted by Crippen LogP contribution is 2.37. The van der Waals surface area contributed by atoms with E-state index in [0.29, 0.717) is 6.07 Å². The molecule has 1 aromatic carbocycles. The van der Waals surface area contributed by atoms with Gasteiger partial charge in [-0.15, -0.1) is 0 Å². The monoisotopic (exact) mass is 354 g/mol. The predicted octanol–water partition coefficient (Wildman–Crippen LogP) is 2.79. The third kappa shape index (κ3) is 3.37. The van der Waals surface area contributed by atoms with E-state index in [9.17, 15) is 27.9 Å². The van der Waals surface area contributed by atoms with Crippen molar-refractivity contribution < 1.29 is 33.0 Å². The van der Waals surface area contributed by atoms with Crippen LogP contribution in [0.15, 0.2) is 18.2 Å². The van der Waals surface area contributed by atoms with E-state index in [1.54, 1.807) is 0 Å². The molecule has 0 aliphatic carbocycles. The van der Waals surface area contributed by atoms with E-state index in [0.717, 1.165) is 12.1 Å². The zero-order valence-electron chi connectivity index (χ0n) is 10.1. The first-order valence-electron chi connectivity index (χ1n) is 5.36. The molecule has 4 nitrogen and oxygen atoms in total. The fourth-order valence-corrected chi connectivity index (χ4v) is 1.91. The van der Waals surface area contributed by atoms with Gasteiger partial charge in [0.25, 0.3) is 0 Å². The van der Waals surface area contributed by atoms with Gasteiger partial charge in [0.2, 0.25) is 0 Å². The minimum Gasteiger partial charge on any atom is -0.479 e. The van der Waals surface area contributed by atoms with E-state index in [4.69, 9.17) is 5.11 Å². The standard InChI is InChI=1S/C12H10BrF3O4/c1-5(13)9(17)6-3-2-4-7(12(14,15)16)8(6)10(18)11(19)20/h2-5,10,18H,1H3,(H,19,20). The molecule has 1 rings (SSSR count). The van der Waals surface area contributed by atoms with Crippen molar-refractivity contribution in [2.24, 2.45) is 0 Å². The third-order valence-corrected chi connectivity index (χ3v) is 2.96. The van der Waals surface area contributed by atoms with Crippen LogP contribution in [0.2, 0.25) is 0 Å². The average Bonchev–Trinajstić information content (AvgIpc) is 2.34. The molecule has 0 aliphatic heterocycles. The smallest absolute Gasteiger partial charge is 0.416 e. The Morgan fingerprint density at radius 3 is 2.25 bits per heavy atom. The molecule has 0 saturated carbocycles. The van der Waals surface area contributed by atoms with Gasteiger partial charge in [0.05, 0.1) is 10.4 Å². The van der Waals surface area contributed by atoms with Crippen molar-refractivity contribution in [3.8, 4) is 0 Å². The van der Waals surface area contributed by atoms with Gasteiger partial charge in [0.1, 0.15) is 0 Å². The molecule has 0 bridgehead atoms. The van der Waals surface area contributed by atoms with Crippen molar-refractivity contribution in [2.75, 3.05) is 0 Å². The SMILES string of the molecule is CC(Br)C(=O)c1cccc(C(F)(F)F)c1C(O)C(=O)O. The number of Topliss-reactive ketones (excluding diaryl/α,β-unsaturated/α-hetero) is 1. The summed E-state index contributed by atoms with van der Waals surface area (Å²) in [5.74, 6) is -2.61. The highest BCUT2D eigenvalue weighted by atomic mass is 79.9. The van der Waals surface area contributed by atoms with Crippen LogP contribution in [-0.4, -0.2) is 26.8 Å². The Bertz CT molecular complexity index is 540. The molecule has 2 N–H and O–H groups in total. The van der Waals surface area contributed by atoms with Crippen LogP contribution in [0.3, 0.4) is 0 Å². The summed E-state index contributed by atoms with van der Waals surface area (Å²) in [7, 11) is 0. The van der Waals surface area contributed by atoms with Crippen molar-refractivity contribution in [3.05, 3.63) is 34.9 Å². The van der Waals surface area contributed by atoms with Crippen LogP contribution in [0.1, 0.15) is 34.5 Å². The number of halogens is 4. The molecule has 2 atom stereocenters. The molecule has 0 spiro atoms. The number of aliphatic hydroxyl groups is 1. The summed E-state index contributed by atoms with van der Waals surface area (Å²) in [6.45, 7) is 1.39. The fourth-order valence-electron chi connectivity index (χ4n) is 1.66. The van der Waals surface area contributed by atoms with Crippen LogP contribution < -0.4 is 0 Å². The van der Waals surface area contributed by atoms with Crippen LogP contribution in [0.4, 0.5) is 13.2 Å². The second-order valence-corrected chi connectivity index (χ2v) is 5.36. The molecule has 0 saturated heterocycles. The zero-order valence-corrected chi connectivity index (χ0v) is 11.7. The molecule has 2 unspecified atom stereocenters. The van der Waals surface area contributed by atoms with Crippen LogP contribution in [0, 0.1) is 0 Å². The van der Waals surface area contributed by atoms with Crippen molar-refractivity contribution in [3.63, 3.8) is 0 Å². The lowest BCUT2D eigenvalue weighted by Crippen LogP contribution is -2.23. The third-order valence-electron chi connectivity index (χ3n) is 2.55. The first kappa shape index (κ1) is 16.6. The lowest BCUT2D eigenvalue weighted by Gasteiger charge is -2.19. The highest BCUT2D eigenvalue weighted by Gasteiger charge is 2.39. The molecule has 0 heterocycles. The Hall–Kier alpha value is -1.41. The van der Waals surface area contributed by atoms with Gasteiger partial charge in [0, 0.05) is 11.1 Å². The van der Waals surface area contributed by atoms with Gasteiger partial charge in [-0.3, -0.25) is 4.79 Å². The first-order chi connectivity index (χ1) is 9.07. The lowest BCUT2D eigenvalue weighted by atomic mass is 9.92. The van der Waals surface area contributed by atoms with E-state index in [2.05, 4.69) is 15.9 Å². The van der Waals surface area contributed by atoms with Gasteiger partial charge in [0.15, 0.2) is 11.9 Å². The maximum atomic E-state index is 12.9. The van der Waals surface area contributed by atoms with Crippen LogP contribution in [0.25, 0.3) is 0 Å². The summed E-state index contributed by atoms with van der Waals surface area (Å²) in [5.41, 5.74) is -2.76. The Morgan fingerprint density at radius 1 is 1.30 bits per heavy atom. The zero-order chi connectivity index (χ0) is 15.7. The minimum atomic E-state index is -4.88. The van der Waals surface area contributed by atoms with E-state index >= 15 is 0 Å². The predicted molar refractivity (Wildman–Crippen MR) is 66.8 cm³/mol. The van der Waals surface area contributed by atoms with E-state index < -0.39 is 45.6 Å². The molecular formula is C12H10BrF3O4. The summed E-state index contributed by atoms with van der Waals surface area (Å²) in [4.78, 5) is 21.8. The summed E-state index contributed by atoms with van der Waals surface area (Å²) in [6.07, 6.45) is -7.31. The van der Waals surface area contributed by atoms with Crippen molar-refractivity contribution in [2.45, 2.75) is 24.0 Å². The highest BCUT2D eigenvalue weighted by molar-refractivity contribution is 9.10. The number of carbonyl (C=O) groups excluding carboxylic acids is 1. The molecule has 0 aromatic heterocycles. The quantitative estimate of drug-likeness (QED) is 0.644. The molecule has 110 valence electrons. The second-order valence-electron chi connectivity index (χ2n) is 3.99. The number of hydrogen-bond donors (Lipinski definition) is 2. The van der Waals surface area contributed by atoms with Crippen LogP contribution >= 0.6 is 15.9 Å². The lowest BCUT2D eigenvalue weighted by molar-refractivity contribution is -0.149. The maximum absolute atomic E-state index is 12.9. The molecule has 0 amide bonds. The number of rotatable bonds is 4. The fraction of sp³-hybridized carbons (Fsp3) is 0.333. The number of hydrogen-bond acceptors (Lipinski definition) is 3. The normalized spacial score (nSPS) is 14.7. The van der Waals surface area contributed by atoms with Gasteiger partial charge in [-0.1, -0.05) is 28.1 Å². The largest absolute Gasteiger partial charge is 0.479 e.